The molecule has 2 N–H and O–H groups in total. The number of hydrogen-bond acceptors (Lipinski definition) is 3. The van der Waals surface area contributed by atoms with Gasteiger partial charge < -0.3 is 15.3 Å². The molecule has 0 radical (unpaired) electrons. The lowest BCUT2D eigenvalue weighted by atomic mass is 9.47. The third kappa shape index (κ3) is 2.93. The molecule has 0 aromatic carbocycles. The number of nitrogens with zero attached hydrogens (tertiary/aromatic N) is 1. The summed E-state index contributed by atoms with van der Waals surface area (Å²) in [5, 5.41) is 14.0. The van der Waals surface area contributed by atoms with E-state index < -0.39 is 5.60 Å². The first-order valence-corrected chi connectivity index (χ1v) is 9.51. The molecular weight excluding hydrogens is 288 g/mol. The fourth-order valence-electron chi connectivity index (χ4n) is 6.41. The molecule has 1 aliphatic heterocycles. The Morgan fingerprint density at radius 3 is 2.48 bits per heavy atom. The van der Waals surface area contributed by atoms with E-state index in [2.05, 4.69) is 24.1 Å². The van der Waals surface area contributed by atoms with Crippen molar-refractivity contribution >= 4 is 5.91 Å². The van der Waals surface area contributed by atoms with Crippen molar-refractivity contribution in [3.63, 3.8) is 0 Å². The smallest absolute Gasteiger partial charge is 0.226 e. The van der Waals surface area contributed by atoms with Gasteiger partial charge in [-0.3, -0.25) is 4.79 Å². The van der Waals surface area contributed by atoms with Crippen LogP contribution in [0.1, 0.15) is 58.8 Å². The van der Waals surface area contributed by atoms with E-state index in [0.29, 0.717) is 23.7 Å². The van der Waals surface area contributed by atoms with Crippen LogP contribution in [-0.2, 0) is 4.79 Å². The third-order valence-electron chi connectivity index (χ3n) is 6.98. The average Bonchev–Trinajstić information content (AvgIpc) is 2.75. The molecule has 2 unspecified atom stereocenters. The minimum Gasteiger partial charge on any atom is -0.390 e. The maximum absolute atomic E-state index is 12.9. The number of hydrogen-bond donors (Lipinski definition) is 2. The van der Waals surface area contributed by atoms with Gasteiger partial charge >= 0.3 is 0 Å². The lowest BCUT2D eigenvalue weighted by Gasteiger charge is -2.59. The molecule has 23 heavy (non-hydrogen) atoms. The largest absolute Gasteiger partial charge is 0.390 e. The molecule has 0 aromatic rings. The van der Waals surface area contributed by atoms with Gasteiger partial charge in [0.15, 0.2) is 0 Å². The molecule has 2 atom stereocenters. The molecule has 1 amide bonds. The molecule has 4 saturated carbocycles. The third-order valence-corrected chi connectivity index (χ3v) is 6.98. The van der Waals surface area contributed by atoms with Crippen LogP contribution in [0.3, 0.4) is 0 Å². The van der Waals surface area contributed by atoms with Crippen LogP contribution >= 0.6 is 0 Å². The Labute approximate surface area is 140 Å². The normalized spacial score (nSPS) is 44.7. The molecule has 5 rings (SSSR count). The highest BCUT2D eigenvalue weighted by Crippen LogP contribution is 2.61. The summed E-state index contributed by atoms with van der Waals surface area (Å²) in [5.41, 5.74) is -0.378. The Morgan fingerprint density at radius 1 is 1.22 bits per heavy atom. The molecule has 4 bridgehead atoms. The van der Waals surface area contributed by atoms with E-state index in [1.54, 1.807) is 0 Å². The highest BCUT2D eigenvalue weighted by molar-refractivity contribution is 5.83. The van der Waals surface area contributed by atoms with E-state index in [1.165, 1.54) is 12.8 Å². The van der Waals surface area contributed by atoms with E-state index in [-0.39, 0.29) is 11.3 Å². The summed E-state index contributed by atoms with van der Waals surface area (Å²) < 4.78 is 0. The summed E-state index contributed by atoms with van der Waals surface area (Å²) in [7, 11) is 0. The van der Waals surface area contributed by atoms with Crippen molar-refractivity contribution < 1.29 is 9.90 Å². The SMILES string of the molecule is CC1(C)CCN(CCNC(=O)C23CC4CC(CC(O)(C4)C2)C3)C1. The Hall–Kier alpha value is -0.610. The van der Waals surface area contributed by atoms with Crippen molar-refractivity contribution in [1.82, 2.24) is 10.2 Å². The molecule has 5 fully saturated rings. The molecule has 4 aliphatic carbocycles. The van der Waals surface area contributed by atoms with Crippen molar-refractivity contribution in [1.29, 1.82) is 0 Å². The maximum atomic E-state index is 12.9. The molecule has 1 saturated heterocycles. The number of carbonyl (C=O) groups excluding carboxylic acids is 1. The average molecular weight is 320 g/mol. The van der Waals surface area contributed by atoms with Crippen LogP contribution in [0, 0.1) is 22.7 Å². The summed E-state index contributed by atoms with van der Waals surface area (Å²) >= 11 is 0. The second kappa shape index (κ2) is 5.19. The van der Waals surface area contributed by atoms with E-state index in [1.807, 2.05) is 0 Å². The lowest BCUT2D eigenvalue weighted by Crippen LogP contribution is -2.60. The van der Waals surface area contributed by atoms with Crippen LogP contribution in [0.4, 0.5) is 0 Å². The van der Waals surface area contributed by atoms with E-state index in [4.69, 9.17) is 0 Å². The highest BCUT2D eigenvalue weighted by Gasteiger charge is 2.60. The van der Waals surface area contributed by atoms with Gasteiger partial charge in [0.1, 0.15) is 0 Å². The van der Waals surface area contributed by atoms with Gasteiger partial charge in [-0.05, 0) is 68.7 Å². The summed E-state index contributed by atoms with van der Waals surface area (Å²) in [6, 6.07) is 0. The minimum absolute atomic E-state index is 0.225. The number of carbonyl (C=O) groups is 1. The predicted octanol–water partition coefficient (Wildman–Crippen LogP) is 2.17. The fraction of sp³-hybridized carbons (Fsp3) is 0.947. The monoisotopic (exact) mass is 320 g/mol. The van der Waals surface area contributed by atoms with Crippen LogP contribution in [0.5, 0.6) is 0 Å². The predicted molar refractivity (Wildman–Crippen MR) is 89.9 cm³/mol. The first-order chi connectivity index (χ1) is 10.8. The number of likely N-dealkylation sites (tertiary alicyclic amines) is 1. The Bertz CT molecular complexity index is 488. The fourth-order valence-corrected chi connectivity index (χ4v) is 6.41. The van der Waals surface area contributed by atoms with E-state index in [0.717, 1.165) is 51.9 Å². The van der Waals surface area contributed by atoms with Crippen molar-refractivity contribution in [2.45, 2.75) is 64.4 Å². The molecule has 5 aliphatic rings. The molecule has 4 heteroatoms. The van der Waals surface area contributed by atoms with E-state index in [9.17, 15) is 9.90 Å². The summed E-state index contributed by atoms with van der Waals surface area (Å²) in [4.78, 5) is 15.4. The van der Waals surface area contributed by atoms with E-state index >= 15 is 0 Å². The van der Waals surface area contributed by atoms with Crippen molar-refractivity contribution in [3.8, 4) is 0 Å². The molecule has 0 spiro atoms. The second-order valence-electron chi connectivity index (χ2n) is 9.91. The first-order valence-electron chi connectivity index (χ1n) is 9.51. The number of rotatable bonds is 4. The van der Waals surface area contributed by atoms with Crippen LogP contribution in [0.2, 0.25) is 0 Å². The summed E-state index contributed by atoms with van der Waals surface area (Å²) in [6.45, 7) is 8.64. The highest BCUT2D eigenvalue weighted by atomic mass is 16.3. The van der Waals surface area contributed by atoms with Gasteiger partial charge in [0.05, 0.1) is 11.0 Å². The van der Waals surface area contributed by atoms with Gasteiger partial charge in [0.2, 0.25) is 5.91 Å². The van der Waals surface area contributed by atoms with Gasteiger partial charge in [-0.2, -0.15) is 0 Å². The first kappa shape index (κ1) is 15.9. The molecule has 0 aromatic heterocycles. The van der Waals surface area contributed by atoms with Crippen LogP contribution in [0.15, 0.2) is 0 Å². The zero-order chi connectivity index (χ0) is 16.3. The van der Waals surface area contributed by atoms with Gasteiger partial charge in [-0.1, -0.05) is 13.8 Å². The van der Waals surface area contributed by atoms with Crippen molar-refractivity contribution in [3.05, 3.63) is 0 Å². The van der Waals surface area contributed by atoms with Gasteiger partial charge in [-0.25, -0.2) is 0 Å². The topological polar surface area (TPSA) is 52.6 Å². The van der Waals surface area contributed by atoms with Gasteiger partial charge in [0.25, 0.3) is 0 Å². The van der Waals surface area contributed by atoms with Crippen LogP contribution in [-0.4, -0.2) is 47.7 Å². The van der Waals surface area contributed by atoms with Crippen LogP contribution < -0.4 is 5.32 Å². The van der Waals surface area contributed by atoms with Crippen molar-refractivity contribution in [2.24, 2.45) is 22.7 Å². The Morgan fingerprint density at radius 2 is 1.91 bits per heavy atom. The summed E-state index contributed by atoms with van der Waals surface area (Å²) in [5.74, 6) is 1.38. The standard InChI is InChI=1S/C19H32N2O2/c1-17(2)3-5-21(13-17)6-4-20-16(22)18-8-14-7-15(9-18)11-19(23,10-14)12-18/h14-15,23H,3-13H2,1-2H3,(H,20,22). The maximum Gasteiger partial charge on any atom is 0.226 e. The number of aliphatic hydroxyl groups is 1. The quantitative estimate of drug-likeness (QED) is 0.835. The lowest BCUT2D eigenvalue weighted by molar-refractivity contribution is -0.178. The zero-order valence-electron chi connectivity index (χ0n) is 14.7. The molecule has 1 heterocycles. The van der Waals surface area contributed by atoms with Crippen LogP contribution in [0.25, 0.3) is 0 Å². The number of nitrogens with one attached hydrogen (secondary N) is 1. The van der Waals surface area contributed by atoms with Gasteiger partial charge in [-0.15, -0.1) is 0 Å². The number of amides is 1. The molecule has 130 valence electrons. The Balaban J connectivity index is 1.33. The van der Waals surface area contributed by atoms with Crippen molar-refractivity contribution in [2.75, 3.05) is 26.2 Å². The zero-order valence-corrected chi connectivity index (χ0v) is 14.7. The summed E-state index contributed by atoms with van der Waals surface area (Å²) in [6.07, 6.45) is 7.07. The second-order valence-corrected chi connectivity index (χ2v) is 9.91. The minimum atomic E-state index is -0.541. The Kier molecular flexibility index (Phi) is 3.59. The molecular formula is C19H32N2O2. The van der Waals surface area contributed by atoms with Gasteiger partial charge in [0, 0.05) is 19.6 Å². The molecule has 4 nitrogen and oxygen atoms in total.